The summed E-state index contributed by atoms with van der Waals surface area (Å²) in [6, 6.07) is 0.823. The van der Waals surface area contributed by atoms with Crippen LogP contribution in [0.4, 0.5) is 0 Å². The summed E-state index contributed by atoms with van der Waals surface area (Å²) in [5.74, 6) is 0. The number of likely N-dealkylation sites (tertiary alicyclic amines) is 1. The van der Waals surface area contributed by atoms with Crippen LogP contribution in [0.15, 0.2) is 0 Å². The summed E-state index contributed by atoms with van der Waals surface area (Å²) >= 11 is 0. The molecule has 11 heavy (non-hydrogen) atoms. The zero-order valence-electron chi connectivity index (χ0n) is 7.12. The van der Waals surface area contributed by atoms with Crippen molar-refractivity contribution in [3.63, 3.8) is 0 Å². The molecule has 3 heteroatoms. The fourth-order valence-electron chi connectivity index (χ4n) is 1.84. The van der Waals surface area contributed by atoms with Gasteiger partial charge in [0.2, 0.25) is 0 Å². The van der Waals surface area contributed by atoms with E-state index < -0.39 is 0 Å². The molecule has 0 atom stereocenters. The van der Waals surface area contributed by atoms with Crippen molar-refractivity contribution < 1.29 is 4.74 Å². The maximum absolute atomic E-state index is 5.29. The highest BCUT2D eigenvalue weighted by atomic mass is 16.5. The minimum Gasteiger partial charge on any atom is -0.379 e. The first-order valence-corrected chi connectivity index (χ1v) is 4.36. The van der Waals surface area contributed by atoms with Gasteiger partial charge in [0.15, 0.2) is 0 Å². The van der Waals surface area contributed by atoms with Gasteiger partial charge in [0, 0.05) is 32.2 Å². The first-order valence-electron chi connectivity index (χ1n) is 4.36. The summed E-state index contributed by atoms with van der Waals surface area (Å²) < 4.78 is 5.29. The summed E-state index contributed by atoms with van der Waals surface area (Å²) in [6.07, 6.45) is 0. The van der Waals surface area contributed by atoms with Crippen LogP contribution < -0.4 is 0 Å². The Morgan fingerprint density at radius 1 is 1.18 bits per heavy atom. The number of likely N-dealkylation sites (N-methyl/N-ethyl adjacent to an activating group) is 1. The summed E-state index contributed by atoms with van der Waals surface area (Å²) in [6.45, 7) is 6.64. The lowest BCUT2D eigenvalue weighted by molar-refractivity contribution is -0.0246. The van der Waals surface area contributed by atoms with E-state index in [0.29, 0.717) is 0 Å². The van der Waals surface area contributed by atoms with Gasteiger partial charge in [-0.25, -0.2) is 0 Å². The Labute approximate surface area is 67.9 Å². The number of morpholine rings is 1. The van der Waals surface area contributed by atoms with Gasteiger partial charge in [-0.05, 0) is 7.05 Å². The Bertz CT molecular complexity index is 128. The van der Waals surface area contributed by atoms with Crippen LogP contribution in [0.3, 0.4) is 0 Å². The second kappa shape index (κ2) is 3.09. The quantitative estimate of drug-likeness (QED) is 0.515. The van der Waals surface area contributed by atoms with E-state index >= 15 is 0 Å². The Kier molecular flexibility index (Phi) is 2.11. The second-order valence-electron chi connectivity index (χ2n) is 3.52. The van der Waals surface area contributed by atoms with Crippen molar-refractivity contribution in [2.75, 3.05) is 46.4 Å². The van der Waals surface area contributed by atoms with Crippen molar-refractivity contribution in [1.29, 1.82) is 0 Å². The highest BCUT2D eigenvalue weighted by Gasteiger charge is 2.29. The van der Waals surface area contributed by atoms with E-state index in [2.05, 4.69) is 16.8 Å². The molecule has 2 aliphatic rings. The number of nitrogens with zero attached hydrogens (tertiary/aromatic N) is 2. The van der Waals surface area contributed by atoms with E-state index in [-0.39, 0.29) is 0 Å². The normalized spacial score (nSPS) is 30.3. The van der Waals surface area contributed by atoms with Gasteiger partial charge in [0.05, 0.1) is 13.2 Å². The lowest BCUT2D eigenvalue weighted by Crippen LogP contribution is -2.59. The van der Waals surface area contributed by atoms with Gasteiger partial charge in [-0.1, -0.05) is 0 Å². The molecule has 64 valence electrons. The van der Waals surface area contributed by atoms with Crippen molar-refractivity contribution in [3.05, 3.63) is 0 Å². The molecule has 0 unspecified atom stereocenters. The van der Waals surface area contributed by atoms with Crippen molar-refractivity contribution in [1.82, 2.24) is 9.80 Å². The van der Waals surface area contributed by atoms with Gasteiger partial charge < -0.3 is 9.64 Å². The first-order chi connectivity index (χ1) is 5.36. The molecule has 0 aromatic rings. The third kappa shape index (κ3) is 1.55. The van der Waals surface area contributed by atoms with Gasteiger partial charge >= 0.3 is 0 Å². The maximum atomic E-state index is 5.29. The molecule has 0 spiro atoms. The van der Waals surface area contributed by atoms with Crippen LogP contribution in [0, 0.1) is 0 Å². The average molecular weight is 156 g/mol. The van der Waals surface area contributed by atoms with E-state index in [0.717, 1.165) is 32.3 Å². The lowest BCUT2D eigenvalue weighted by atomic mass is 10.1. The van der Waals surface area contributed by atoms with E-state index in [1.807, 2.05) is 0 Å². The van der Waals surface area contributed by atoms with E-state index in [9.17, 15) is 0 Å². The molecule has 0 aromatic heterocycles. The summed E-state index contributed by atoms with van der Waals surface area (Å²) in [5.41, 5.74) is 0. The number of rotatable bonds is 1. The first kappa shape index (κ1) is 7.53. The minimum atomic E-state index is 0.823. The van der Waals surface area contributed by atoms with Crippen LogP contribution in [-0.2, 0) is 4.74 Å². The SMILES string of the molecule is CN1CC(N2CCOCC2)C1. The zero-order chi connectivity index (χ0) is 7.68. The smallest absolute Gasteiger partial charge is 0.0594 e. The van der Waals surface area contributed by atoms with Gasteiger partial charge in [0.25, 0.3) is 0 Å². The number of ether oxygens (including phenoxy) is 1. The fourth-order valence-corrected chi connectivity index (χ4v) is 1.84. The van der Waals surface area contributed by atoms with Crippen molar-refractivity contribution in [2.45, 2.75) is 6.04 Å². The molecule has 2 aliphatic heterocycles. The van der Waals surface area contributed by atoms with Crippen LogP contribution in [-0.4, -0.2) is 62.3 Å². The van der Waals surface area contributed by atoms with Crippen LogP contribution in [0.2, 0.25) is 0 Å². The highest BCUT2D eigenvalue weighted by molar-refractivity contribution is 4.86. The van der Waals surface area contributed by atoms with E-state index in [1.54, 1.807) is 0 Å². The Morgan fingerprint density at radius 2 is 1.82 bits per heavy atom. The van der Waals surface area contributed by atoms with Gasteiger partial charge in [-0.2, -0.15) is 0 Å². The topological polar surface area (TPSA) is 15.7 Å². The van der Waals surface area contributed by atoms with E-state index in [1.165, 1.54) is 13.1 Å². The summed E-state index contributed by atoms with van der Waals surface area (Å²) in [5, 5.41) is 0. The van der Waals surface area contributed by atoms with Crippen molar-refractivity contribution in [3.8, 4) is 0 Å². The third-order valence-electron chi connectivity index (χ3n) is 2.61. The monoisotopic (exact) mass is 156 g/mol. The third-order valence-corrected chi connectivity index (χ3v) is 2.61. The molecular weight excluding hydrogens is 140 g/mol. The molecule has 2 saturated heterocycles. The second-order valence-corrected chi connectivity index (χ2v) is 3.52. The number of hydrogen-bond acceptors (Lipinski definition) is 3. The fraction of sp³-hybridized carbons (Fsp3) is 1.00. The van der Waals surface area contributed by atoms with Crippen LogP contribution in [0.5, 0.6) is 0 Å². The molecule has 0 N–H and O–H groups in total. The Hall–Kier alpha value is -0.120. The average Bonchev–Trinajstić information content (AvgIpc) is 2.01. The Balaban J connectivity index is 1.76. The molecule has 0 radical (unpaired) electrons. The largest absolute Gasteiger partial charge is 0.379 e. The summed E-state index contributed by atoms with van der Waals surface area (Å²) in [7, 11) is 2.18. The van der Waals surface area contributed by atoms with Crippen molar-refractivity contribution in [2.24, 2.45) is 0 Å². The molecule has 3 nitrogen and oxygen atoms in total. The van der Waals surface area contributed by atoms with Crippen LogP contribution in [0.1, 0.15) is 0 Å². The standard InChI is InChI=1S/C8H16N2O/c1-9-6-8(7-9)10-2-4-11-5-3-10/h8H,2-7H2,1H3. The molecule has 0 aliphatic carbocycles. The molecule has 0 aromatic carbocycles. The molecule has 0 bridgehead atoms. The van der Waals surface area contributed by atoms with Crippen molar-refractivity contribution >= 4 is 0 Å². The molecule has 2 rings (SSSR count). The number of hydrogen-bond donors (Lipinski definition) is 0. The predicted molar refractivity (Wildman–Crippen MR) is 43.7 cm³/mol. The van der Waals surface area contributed by atoms with Crippen LogP contribution in [0.25, 0.3) is 0 Å². The van der Waals surface area contributed by atoms with Gasteiger partial charge in [-0.3, -0.25) is 4.90 Å². The molecule has 2 heterocycles. The van der Waals surface area contributed by atoms with E-state index in [4.69, 9.17) is 4.74 Å². The highest BCUT2D eigenvalue weighted by Crippen LogP contribution is 2.13. The molecule has 0 amide bonds. The zero-order valence-corrected chi connectivity index (χ0v) is 7.12. The maximum Gasteiger partial charge on any atom is 0.0594 e. The Morgan fingerprint density at radius 3 is 2.36 bits per heavy atom. The molecule has 2 fully saturated rings. The molecule has 0 saturated carbocycles. The minimum absolute atomic E-state index is 0.823. The molecular formula is C8H16N2O. The lowest BCUT2D eigenvalue weighted by Gasteiger charge is -2.44. The van der Waals surface area contributed by atoms with Crippen LogP contribution >= 0.6 is 0 Å². The van der Waals surface area contributed by atoms with Gasteiger partial charge in [-0.15, -0.1) is 0 Å². The summed E-state index contributed by atoms with van der Waals surface area (Å²) in [4.78, 5) is 4.91. The van der Waals surface area contributed by atoms with Gasteiger partial charge in [0.1, 0.15) is 0 Å². The predicted octanol–water partition coefficient (Wildman–Crippen LogP) is -0.367.